The molecule has 0 aliphatic carbocycles. The zero-order valence-corrected chi connectivity index (χ0v) is 12.7. The van der Waals surface area contributed by atoms with E-state index in [4.69, 9.17) is 11.6 Å². The second kappa shape index (κ2) is 6.64. The van der Waals surface area contributed by atoms with Gasteiger partial charge in [-0.3, -0.25) is 9.72 Å². The summed E-state index contributed by atoms with van der Waals surface area (Å²) in [5.41, 5.74) is 1.37. The van der Waals surface area contributed by atoms with Crippen LogP contribution in [0.15, 0.2) is 48.7 Å². The van der Waals surface area contributed by atoms with Gasteiger partial charge in [-0.2, -0.15) is 0 Å². The van der Waals surface area contributed by atoms with E-state index in [1.807, 2.05) is 12.1 Å². The molecule has 1 unspecified atom stereocenters. The number of carbonyl (C=O) groups excluding carboxylic acids is 1. The van der Waals surface area contributed by atoms with E-state index < -0.39 is 12.1 Å². The zero-order chi connectivity index (χ0) is 16.2. The molecule has 8 heteroatoms. The SMILES string of the molecule is O=C(Nc1nnc2ccccn12)NC(CO)c1ccc(Cl)cc1. The van der Waals surface area contributed by atoms with Crippen LogP contribution in [0.25, 0.3) is 5.65 Å². The quantitative estimate of drug-likeness (QED) is 0.683. The number of benzene rings is 1. The van der Waals surface area contributed by atoms with E-state index in [-0.39, 0.29) is 6.61 Å². The van der Waals surface area contributed by atoms with E-state index in [0.29, 0.717) is 16.6 Å². The minimum Gasteiger partial charge on any atom is -0.394 e. The van der Waals surface area contributed by atoms with Gasteiger partial charge < -0.3 is 10.4 Å². The fraction of sp³-hybridized carbons (Fsp3) is 0.133. The van der Waals surface area contributed by atoms with Gasteiger partial charge in [0.2, 0.25) is 5.95 Å². The highest BCUT2D eigenvalue weighted by molar-refractivity contribution is 6.30. The molecule has 0 saturated heterocycles. The molecule has 3 aromatic rings. The van der Waals surface area contributed by atoms with Crippen LogP contribution in [-0.4, -0.2) is 32.3 Å². The Balaban J connectivity index is 1.71. The molecule has 118 valence electrons. The Kier molecular flexibility index (Phi) is 4.40. The van der Waals surface area contributed by atoms with E-state index in [9.17, 15) is 9.90 Å². The molecule has 0 aliphatic rings. The number of halogens is 1. The van der Waals surface area contributed by atoms with E-state index in [0.717, 1.165) is 5.56 Å². The molecule has 2 heterocycles. The largest absolute Gasteiger partial charge is 0.394 e. The van der Waals surface area contributed by atoms with E-state index in [1.165, 1.54) is 0 Å². The van der Waals surface area contributed by atoms with Gasteiger partial charge in [-0.1, -0.05) is 29.8 Å². The van der Waals surface area contributed by atoms with Crippen molar-refractivity contribution in [1.82, 2.24) is 19.9 Å². The fourth-order valence-corrected chi connectivity index (χ4v) is 2.28. The Bertz CT molecular complexity index is 818. The maximum atomic E-state index is 12.1. The summed E-state index contributed by atoms with van der Waals surface area (Å²) >= 11 is 5.84. The van der Waals surface area contributed by atoms with Crippen molar-refractivity contribution < 1.29 is 9.90 Å². The number of nitrogens with zero attached hydrogens (tertiary/aromatic N) is 3. The molecule has 0 bridgehead atoms. The van der Waals surface area contributed by atoms with Crippen LogP contribution < -0.4 is 10.6 Å². The predicted molar refractivity (Wildman–Crippen MR) is 86.4 cm³/mol. The molecule has 0 fully saturated rings. The van der Waals surface area contributed by atoms with Gasteiger partial charge in [0, 0.05) is 11.2 Å². The fourth-order valence-electron chi connectivity index (χ4n) is 2.15. The summed E-state index contributed by atoms with van der Waals surface area (Å²) in [6, 6.07) is 11.3. The first-order valence-corrected chi connectivity index (χ1v) is 7.29. The van der Waals surface area contributed by atoms with Gasteiger partial charge in [0.1, 0.15) is 0 Å². The van der Waals surface area contributed by atoms with E-state index >= 15 is 0 Å². The lowest BCUT2D eigenvalue weighted by atomic mass is 10.1. The average Bonchev–Trinajstić information content (AvgIpc) is 2.97. The highest BCUT2D eigenvalue weighted by Crippen LogP contribution is 2.16. The Morgan fingerprint density at radius 3 is 2.74 bits per heavy atom. The maximum absolute atomic E-state index is 12.1. The smallest absolute Gasteiger partial charge is 0.322 e. The molecule has 3 N–H and O–H groups in total. The van der Waals surface area contributed by atoms with Crippen molar-refractivity contribution in [3.8, 4) is 0 Å². The predicted octanol–water partition coefficient (Wildman–Crippen LogP) is 2.24. The third-order valence-corrected chi connectivity index (χ3v) is 3.55. The van der Waals surface area contributed by atoms with Crippen LogP contribution in [0, 0.1) is 0 Å². The standard InChI is InChI=1S/C15H14ClN5O2/c16-11-6-4-10(5-7-11)12(9-22)17-15(23)18-14-20-19-13-3-1-2-8-21(13)14/h1-8,12,22H,9H2,(H2,17,18,20,23). The van der Waals surface area contributed by atoms with Crippen LogP contribution in [0.1, 0.15) is 11.6 Å². The number of fused-ring (bicyclic) bond motifs is 1. The molecule has 2 aromatic heterocycles. The van der Waals surface area contributed by atoms with Crippen molar-refractivity contribution in [2.75, 3.05) is 11.9 Å². The van der Waals surface area contributed by atoms with Crippen molar-refractivity contribution >= 4 is 29.2 Å². The van der Waals surface area contributed by atoms with Crippen molar-refractivity contribution in [2.24, 2.45) is 0 Å². The molecule has 1 atom stereocenters. The minimum absolute atomic E-state index is 0.240. The van der Waals surface area contributed by atoms with Crippen LogP contribution in [0.3, 0.4) is 0 Å². The molecule has 23 heavy (non-hydrogen) atoms. The molecule has 2 amide bonds. The number of rotatable bonds is 4. The summed E-state index contributed by atoms with van der Waals surface area (Å²) in [5, 5.41) is 23.2. The average molecular weight is 332 g/mol. The number of aliphatic hydroxyl groups excluding tert-OH is 1. The Morgan fingerprint density at radius 1 is 1.22 bits per heavy atom. The number of amides is 2. The lowest BCUT2D eigenvalue weighted by molar-refractivity contribution is 0.225. The molecule has 0 aliphatic heterocycles. The van der Waals surface area contributed by atoms with Crippen molar-refractivity contribution in [2.45, 2.75) is 6.04 Å². The number of urea groups is 1. The summed E-state index contributed by atoms with van der Waals surface area (Å²) in [4.78, 5) is 12.1. The lowest BCUT2D eigenvalue weighted by Crippen LogP contribution is -2.34. The zero-order valence-electron chi connectivity index (χ0n) is 12.0. The monoisotopic (exact) mass is 331 g/mol. The first kappa shape index (κ1) is 15.3. The first-order valence-electron chi connectivity index (χ1n) is 6.91. The van der Waals surface area contributed by atoms with Crippen molar-refractivity contribution in [1.29, 1.82) is 0 Å². The van der Waals surface area contributed by atoms with E-state index in [1.54, 1.807) is 40.9 Å². The number of nitrogens with one attached hydrogen (secondary N) is 2. The number of aromatic nitrogens is 3. The molecule has 1 aromatic carbocycles. The molecule has 0 saturated carbocycles. The van der Waals surface area contributed by atoms with Gasteiger partial charge in [0.05, 0.1) is 12.6 Å². The van der Waals surface area contributed by atoms with Crippen LogP contribution in [0.2, 0.25) is 5.02 Å². The number of hydrogen-bond donors (Lipinski definition) is 3. The summed E-state index contributed by atoms with van der Waals surface area (Å²) in [5.74, 6) is 0.297. The van der Waals surface area contributed by atoms with Crippen LogP contribution in [0.5, 0.6) is 0 Å². The third kappa shape index (κ3) is 3.41. The van der Waals surface area contributed by atoms with Crippen LogP contribution in [0.4, 0.5) is 10.7 Å². The van der Waals surface area contributed by atoms with E-state index in [2.05, 4.69) is 20.8 Å². The van der Waals surface area contributed by atoms with Crippen molar-refractivity contribution in [3.05, 3.63) is 59.2 Å². The molecule has 7 nitrogen and oxygen atoms in total. The Hall–Kier alpha value is -2.64. The first-order chi connectivity index (χ1) is 11.2. The molecular weight excluding hydrogens is 318 g/mol. The normalized spacial score (nSPS) is 12.1. The van der Waals surface area contributed by atoms with Gasteiger partial charge in [-0.25, -0.2) is 4.79 Å². The lowest BCUT2D eigenvalue weighted by Gasteiger charge is -2.16. The second-order valence-corrected chi connectivity index (χ2v) is 5.27. The van der Waals surface area contributed by atoms with Crippen LogP contribution >= 0.6 is 11.6 Å². The van der Waals surface area contributed by atoms with Gasteiger partial charge >= 0.3 is 6.03 Å². The van der Waals surface area contributed by atoms with Crippen molar-refractivity contribution in [3.63, 3.8) is 0 Å². The van der Waals surface area contributed by atoms with Gasteiger partial charge in [0.25, 0.3) is 0 Å². The minimum atomic E-state index is -0.550. The maximum Gasteiger partial charge on any atom is 0.322 e. The molecular formula is C15H14ClN5O2. The Labute approximate surface area is 136 Å². The number of hydrogen-bond acceptors (Lipinski definition) is 4. The number of pyridine rings is 1. The summed E-state index contributed by atoms with van der Waals surface area (Å²) in [6.07, 6.45) is 1.74. The molecule has 3 rings (SSSR count). The van der Waals surface area contributed by atoms with Gasteiger partial charge in [-0.15, -0.1) is 10.2 Å². The van der Waals surface area contributed by atoms with Gasteiger partial charge in [0.15, 0.2) is 5.65 Å². The van der Waals surface area contributed by atoms with Gasteiger partial charge in [-0.05, 0) is 29.8 Å². The Morgan fingerprint density at radius 2 is 2.00 bits per heavy atom. The molecule has 0 spiro atoms. The highest BCUT2D eigenvalue weighted by Gasteiger charge is 2.15. The number of aliphatic hydroxyl groups is 1. The second-order valence-electron chi connectivity index (χ2n) is 4.84. The number of carbonyl (C=O) groups is 1. The summed E-state index contributed by atoms with van der Waals surface area (Å²) in [6.45, 7) is -0.240. The topological polar surface area (TPSA) is 91.6 Å². The molecule has 0 radical (unpaired) electrons. The number of anilines is 1. The highest BCUT2D eigenvalue weighted by atomic mass is 35.5. The summed E-state index contributed by atoms with van der Waals surface area (Å²) < 4.78 is 1.65. The summed E-state index contributed by atoms with van der Waals surface area (Å²) in [7, 11) is 0. The van der Waals surface area contributed by atoms with Crippen LogP contribution in [-0.2, 0) is 0 Å². The third-order valence-electron chi connectivity index (χ3n) is 3.30.